The smallest absolute Gasteiger partial charge is 0.134 e. The second kappa shape index (κ2) is 6.92. The Labute approximate surface area is 137 Å². The summed E-state index contributed by atoms with van der Waals surface area (Å²) in [6.45, 7) is 6.13. The maximum Gasteiger partial charge on any atom is 0.134 e. The Hall–Kier alpha value is -0.580. The second-order valence-electron chi connectivity index (χ2n) is 4.06. The van der Waals surface area contributed by atoms with E-state index in [2.05, 4.69) is 47.1 Å². The van der Waals surface area contributed by atoms with Crippen molar-refractivity contribution in [3.8, 4) is 5.75 Å². The molecule has 0 unspecified atom stereocenters. The van der Waals surface area contributed by atoms with Crippen molar-refractivity contribution in [3.63, 3.8) is 0 Å². The van der Waals surface area contributed by atoms with Crippen LogP contribution in [0.5, 0.6) is 5.75 Å². The zero-order chi connectivity index (χ0) is 14.7. The van der Waals surface area contributed by atoms with Gasteiger partial charge in [-0.3, -0.25) is 0 Å². The Morgan fingerprint density at radius 2 is 1.65 bits per heavy atom. The highest BCUT2D eigenvalue weighted by atomic mass is 79.9. The van der Waals surface area contributed by atoms with E-state index in [1.807, 2.05) is 31.7 Å². The van der Waals surface area contributed by atoms with Crippen molar-refractivity contribution in [2.75, 3.05) is 7.11 Å². The molecule has 20 heavy (non-hydrogen) atoms. The fourth-order valence-corrected chi connectivity index (χ4v) is 5.10. The van der Waals surface area contributed by atoms with Gasteiger partial charge in [0.05, 0.1) is 11.6 Å². The van der Waals surface area contributed by atoms with Gasteiger partial charge < -0.3 is 4.74 Å². The quantitative estimate of drug-likeness (QED) is 0.491. The molecule has 0 atom stereocenters. The van der Waals surface area contributed by atoms with Crippen LogP contribution in [0.25, 0.3) is 0 Å². The zero-order valence-corrected chi connectivity index (χ0v) is 15.2. The summed E-state index contributed by atoms with van der Waals surface area (Å²) in [4.78, 5) is 5.18. The van der Waals surface area contributed by atoms with Gasteiger partial charge in [-0.05, 0) is 52.7 Å². The van der Waals surface area contributed by atoms with E-state index in [-0.39, 0.29) is 0 Å². The third-order valence-corrected chi connectivity index (χ3v) is 6.41. The predicted molar refractivity (Wildman–Crippen MR) is 91.5 cm³/mol. The topological polar surface area (TPSA) is 9.23 Å². The molecule has 2 aromatic carbocycles. The van der Waals surface area contributed by atoms with Gasteiger partial charge in [-0.2, -0.15) is 0 Å². The molecule has 0 amide bonds. The molecule has 3 rings (SSSR count). The van der Waals surface area contributed by atoms with Crippen molar-refractivity contribution in [2.24, 2.45) is 0 Å². The first kappa shape index (κ1) is 15.8. The Balaban J connectivity index is 0.000000704. The first-order valence-corrected chi connectivity index (χ1v) is 8.94. The van der Waals surface area contributed by atoms with E-state index in [1.54, 1.807) is 18.9 Å². The number of benzene rings is 2. The maximum atomic E-state index is 5.35. The van der Waals surface area contributed by atoms with Gasteiger partial charge in [0, 0.05) is 19.6 Å². The molecule has 0 spiro atoms. The van der Waals surface area contributed by atoms with Gasteiger partial charge in [-0.1, -0.05) is 43.4 Å². The first-order chi connectivity index (χ1) is 9.69. The second-order valence-corrected chi connectivity index (χ2v) is 6.99. The van der Waals surface area contributed by atoms with Crippen LogP contribution in [0.4, 0.5) is 0 Å². The molecule has 2 aromatic rings. The molecule has 1 aliphatic heterocycles. The summed E-state index contributed by atoms with van der Waals surface area (Å²) in [5.41, 5.74) is 1.30. The molecular formula is C16H17BrOS2. The summed E-state index contributed by atoms with van der Waals surface area (Å²) >= 11 is 7.26. The molecule has 1 nitrogen and oxygen atoms in total. The van der Waals surface area contributed by atoms with E-state index in [0.717, 1.165) is 10.2 Å². The Bertz CT molecular complexity index is 626. The number of ether oxygens (including phenoxy) is 1. The van der Waals surface area contributed by atoms with Gasteiger partial charge in [0.2, 0.25) is 0 Å². The molecule has 106 valence electrons. The lowest BCUT2D eigenvalue weighted by Gasteiger charge is -2.20. The summed E-state index contributed by atoms with van der Waals surface area (Å²) in [6.07, 6.45) is 0. The molecule has 0 aromatic heterocycles. The summed E-state index contributed by atoms with van der Waals surface area (Å²) in [5, 5.41) is 0. The molecule has 0 N–H and O–H groups in total. The fraction of sp³-hybridized carbons (Fsp3) is 0.250. The van der Waals surface area contributed by atoms with Crippen LogP contribution in [0.3, 0.4) is 0 Å². The monoisotopic (exact) mass is 368 g/mol. The number of fused-ring (bicyclic) bond motifs is 2. The van der Waals surface area contributed by atoms with Crippen LogP contribution in [-0.4, -0.2) is 7.11 Å². The van der Waals surface area contributed by atoms with Crippen molar-refractivity contribution in [3.05, 3.63) is 40.4 Å². The lowest BCUT2D eigenvalue weighted by Crippen LogP contribution is -1.93. The van der Waals surface area contributed by atoms with Gasteiger partial charge in [-0.15, -0.1) is 0 Å². The van der Waals surface area contributed by atoms with Gasteiger partial charge in [0.15, 0.2) is 0 Å². The summed E-state index contributed by atoms with van der Waals surface area (Å²) in [7, 11) is 1.70. The number of rotatable bonds is 1. The average Bonchev–Trinajstić information content (AvgIpc) is 2.48. The van der Waals surface area contributed by atoms with Crippen molar-refractivity contribution in [2.45, 2.75) is 40.4 Å². The lowest BCUT2D eigenvalue weighted by atomic mass is 10.2. The van der Waals surface area contributed by atoms with E-state index in [0.29, 0.717) is 0 Å². The largest absolute Gasteiger partial charge is 0.496 e. The molecule has 0 saturated heterocycles. The molecule has 0 fully saturated rings. The SMILES string of the molecule is CC.COc1ccc2c(c1Br)Sc1cc(C)ccc1S2. The van der Waals surface area contributed by atoms with Crippen LogP contribution >= 0.6 is 39.5 Å². The summed E-state index contributed by atoms with van der Waals surface area (Å²) < 4.78 is 6.40. The van der Waals surface area contributed by atoms with Crippen LogP contribution in [0.15, 0.2) is 54.4 Å². The van der Waals surface area contributed by atoms with Crippen molar-refractivity contribution in [1.82, 2.24) is 0 Å². The molecule has 0 radical (unpaired) electrons. The van der Waals surface area contributed by atoms with Gasteiger partial charge in [-0.25, -0.2) is 0 Å². The highest BCUT2D eigenvalue weighted by molar-refractivity contribution is 9.10. The molecule has 0 saturated carbocycles. The lowest BCUT2D eigenvalue weighted by molar-refractivity contribution is 0.410. The van der Waals surface area contributed by atoms with Crippen LogP contribution < -0.4 is 4.74 Å². The fourth-order valence-electron chi connectivity index (χ4n) is 1.86. The number of hydrogen-bond donors (Lipinski definition) is 0. The zero-order valence-electron chi connectivity index (χ0n) is 12.0. The van der Waals surface area contributed by atoms with E-state index in [1.165, 1.54) is 25.1 Å². The van der Waals surface area contributed by atoms with Crippen LogP contribution in [0, 0.1) is 6.92 Å². The van der Waals surface area contributed by atoms with E-state index in [9.17, 15) is 0 Å². The predicted octanol–water partition coefficient (Wildman–Crippen LogP) is 6.41. The minimum absolute atomic E-state index is 0.887. The van der Waals surface area contributed by atoms with E-state index < -0.39 is 0 Å². The van der Waals surface area contributed by atoms with E-state index >= 15 is 0 Å². The van der Waals surface area contributed by atoms with E-state index in [4.69, 9.17) is 4.74 Å². The first-order valence-electron chi connectivity index (χ1n) is 6.52. The molecular weight excluding hydrogens is 352 g/mol. The van der Waals surface area contributed by atoms with Crippen molar-refractivity contribution in [1.29, 1.82) is 0 Å². The van der Waals surface area contributed by atoms with Crippen LogP contribution in [0.2, 0.25) is 0 Å². The molecule has 1 heterocycles. The molecule has 4 heteroatoms. The Morgan fingerprint density at radius 1 is 0.950 bits per heavy atom. The average molecular weight is 369 g/mol. The van der Waals surface area contributed by atoms with Crippen molar-refractivity contribution < 1.29 is 4.74 Å². The standard InChI is InChI=1S/C14H11BrOS2.C2H6/c1-8-3-5-10-12(7-8)18-14-11(17-10)6-4-9(16-2)13(14)15;1-2/h3-7H,1-2H3;1-2H3. The minimum atomic E-state index is 0.887. The van der Waals surface area contributed by atoms with Crippen LogP contribution in [-0.2, 0) is 0 Å². The number of aryl methyl sites for hydroxylation is 1. The third-order valence-electron chi connectivity index (χ3n) is 2.78. The Morgan fingerprint density at radius 3 is 2.35 bits per heavy atom. The number of hydrogen-bond acceptors (Lipinski definition) is 3. The molecule has 0 bridgehead atoms. The number of halogens is 1. The highest BCUT2D eigenvalue weighted by Gasteiger charge is 2.21. The summed E-state index contributed by atoms with van der Waals surface area (Å²) in [6, 6.07) is 10.7. The minimum Gasteiger partial charge on any atom is -0.496 e. The normalized spacial score (nSPS) is 11.8. The number of methoxy groups -OCH3 is 1. The van der Waals surface area contributed by atoms with Gasteiger partial charge in [0.1, 0.15) is 5.75 Å². The maximum absolute atomic E-state index is 5.35. The molecule has 1 aliphatic rings. The Kier molecular flexibility index (Phi) is 5.47. The third kappa shape index (κ3) is 3.02. The molecule has 0 aliphatic carbocycles. The summed E-state index contributed by atoms with van der Waals surface area (Å²) in [5.74, 6) is 0.887. The van der Waals surface area contributed by atoms with Crippen LogP contribution in [0.1, 0.15) is 19.4 Å². The van der Waals surface area contributed by atoms with Gasteiger partial charge >= 0.3 is 0 Å². The van der Waals surface area contributed by atoms with Crippen molar-refractivity contribution >= 4 is 39.5 Å². The highest BCUT2D eigenvalue weighted by Crippen LogP contribution is 2.52. The van der Waals surface area contributed by atoms with Gasteiger partial charge in [0.25, 0.3) is 0 Å².